The minimum absolute atomic E-state index is 0.115. The molecule has 21 heavy (non-hydrogen) atoms. The summed E-state index contributed by atoms with van der Waals surface area (Å²) in [7, 11) is -0.526. The van der Waals surface area contributed by atoms with E-state index in [0.717, 1.165) is 30.2 Å². The van der Waals surface area contributed by atoms with Gasteiger partial charge >= 0.3 is 0 Å². The number of benzene rings is 1. The van der Waals surface area contributed by atoms with Gasteiger partial charge in [-0.2, -0.15) is 0 Å². The Labute approximate surface area is 125 Å². The molecule has 0 unspecified atom stereocenters. The number of likely N-dealkylation sites (tertiary alicyclic amines) is 1. The molecule has 0 spiro atoms. The van der Waals surface area contributed by atoms with Crippen LogP contribution < -0.4 is 5.32 Å². The van der Waals surface area contributed by atoms with E-state index in [-0.39, 0.29) is 10.8 Å². The topological polar surface area (TPSA) is 69.7 Å². The lowest BCUT2D eigenvalue weighted by molar-refractivity contribution is -0.117. The molecule has 1 aliphatic rings. The summed E-state index contributed by atoms with van der Waals surface area (Å²) < 4.78 is 25.3. The third-order valence-corrected chi connectivity index (χ3v) is 5.27. The van der Waals surface area contributed by atoms with Crippen LogP contribution in [-0.4, -0.2) is 57.3 Å². The number of nitrogens with one attached hydrogen (secondary N) is 1. The third kappa shape index (κ3) is 4.03. The van der Waals surface area contributed by atoms with E-state index in [0.29, 0.717) is 12.2 Å². The van der Waals surface area contributed by atoms with E-state index in [9.17, 15) is 13.2 Å². The zero-order chi connectivity index (χ0) is 15.5. The lowest BCUT2D eigenvalue weighted by atomic mass is 10.3. The van der Waals surface area contributed by atoms with Gasteiger partial charge in [-0.3, -0.25) is 9.69 Å². The minimum atomic E-state index is -3.49. The molecule has 1 aromatic rings. The Hall–Kier alpha value is -1.44. The molecule has 1 fully saturated rings. The largest absolute Gasteiger partial charge is 0.325 e. The van der Waals surface area contributed by atoms with Crippen LogP contribution in [0.3, 0.4) is 0 Å². The van der Waals surface area contributed by atoms with E-state index in [1.54, 1.807) is 12.1 Å². The van der Waals surface area contributed by atoms with E-state index < -0.39 is 10.0 Å². The average molecular weight is 311 g/mol. The Bertz CT molecular complexity index is 608. The van der Waals surface area contributed by atoms with Crippen molar-refractivity contribution in [2.24, 2.45) is 0 Å². The molecule has 1 N–H and O–H groups in total. The van der Waals surface area contributed by atoms with Crippen LogP contribution in [0.2, 0.25) is 0 Å². The molecule has 1 heterocycles. The molecule has 0 saturated carbocycles. The van der Waals surface area contributed by atoms with Crippen LogP contribution in [0.4, 0.5) is 5.69 Å². The van der Waals surface area contributed by atoms with Gasteiger partial charge in [-0.05, 0) is 44.1 Å². The van der Waals surface area contributed by atoms with Gasteiger partial charge in [-0.25, -0.2) is 12.7 Å². The third-order valence-electron chi connectivity index (χ3n) is 3.46. The molecular weight excluding hydrogens is 290 g/mol. The summed E-state index contributed by atoms with van der Waals surface area (Å²) in [4.78, 5) is 14.2. The fourth-order valence-electron chi connectivity index (χ4n) is 2.29. The Morgan fingerprint density at radius 2 is 1.95 bits per heavy atom. The Morgan fingerprint density at radius 3 is 2.57 bits per heavy atom. The Kier molecular flexibility index (Phi) is 4.97. The molecule has 0 aromatic heterocycles. The van der Waals surface area contributed by atoms with Crippen molar-refractivity contribution in [3.63, 3.8) is 0 Å². The van der Waals surface area contributed by atoms with Gasteiger partial charge in [0.1, 0.15) is 0 Å². The first-order valence-corrected chi connectivity index (χ1v) is 8.38. The highest BCUT2D eigenvalue weighted by Gasteiger charge is 2.18. The lowest BCUT2D eigenvalue weighted by Gasteiger charge is -2.15. The summed E-state index contributed by atoms with van der Waals surface area (Å²) in [6.45, 7) is 2.25. The Balaban J connectivity index is 2.05. The average Bonchev–Trinajstić information content (AvgIpc) is 2.91. The van der Waals surface area contributed by atoms with Crippen molar-refractivity contribution in [2.75, 3.05) is 39.0 Å². The van der Waals surface area contributed by atoms with Crippen LogP contribution in [0.1, 0.15) is 12.8 Å². The maximum atomic E-state index is 12.1. The number of sulfonamides is 1. The van der Waals surface area contributed by atoms with Gasteiger partial charge in [-0.15, -0.1) is 0 Å². The number of hydrogen-bond acceptors (Lipinski definition) is 4. The first-order valence-electron chi connectivity index (χ1n) is 6.94. The fraction of sp³-hybridized carbons (Fsp3) is 0.500. The van der Waals surface area contributed by atoms with Crippen LogP contribution in [0.15, 0.2) is 29.2 Å². The molecule has 6 nitrogen and oxygen atoms in total. The predicted molar refractivity (Wildman–Crippen MR) is 81.6 cm³/mol. The van der Waals surface area contributed by atoms with Gasteiger partial charge in [0.25, 0.3) is 0 Å². The van der Waals surface area contributed by atoms with Crippen molar-refractivity contribution in [2.45, 2.75) is 17.7 Å². The number of anilines is 1. The molecule has 0 atom stereocenters. The van der Waals surface area contributed by atoms with Crippen LogP contribution in [0, 0.1) is 0 Å². The quantitative estimate of drug-likeness (QED) is 0.880. The molecule has 116 valence electrons. The standard InChI is InChI=1S/C14H21N3O3S/c1-16(2)21(19,20)13-7-5-6-12(10-13)15-14(18)11-17-8-3-4-9-17/h5-7,10H,3-4,8-9,11H2,1-2H3,(H,15,18). The number of nitrogens with zero attached hydrogens (tertiary/aromatic N) is 2. The first-order chi connectivity index (χ1) is 9.89. The van der Waals surface area contributed by atoms with E-state index in [1.807, 2.05) is 0 Å². The normalized spacial score (nSPS) is 16.3. The van der Waals surface area contributed by atoms with Gasteiger partial charge in [0, 0.05) is 19.8 Å². The second-order valence-corrected chi connectivity index (χ2v) is 7.50. The second-order valence-electron chi connectivity index (χ2n) is 5.35. The molecule has 2 rings (SSSR count). The monoisotopic (exact) mass is 311 g/mol. The lowest BCUT2D eigenvalue weighted by Crippen LogP contribution is -2.31. The summed E-state index contributed by atoms with van der Waals surface area (Å²) in [6, 6.07) is 6.32. The van der Waals surface area contributed by atoms with Gasteiger partial charge in [0.2, 0.25) is 15.9 Å². The van der Waals surface area contributed by atoms with E-state index in [4.69, 9.17) is 0 Å². The summed E-state index contributed by atoms with van der Waals surface area (Å²) in [5.74, 6) is -0.115. The van der Waals surface area contributed by atoms with Gasteiger partial charge in [-0.1, -0.05) is 6.07 Å². The smallest absolute Gasteiger partial charge is 0.242 e. The summed E-state index contributed by atoms with van der Waals surface area (Å²) in [5.41, 5.74) is 0.502. The number of carbonyl (C=O) groups is 1. The van der Waals surface area contributed by atoms with Crippen molar-refractivity contribution in [3.05, 3.63) is 24.3 Å². The molecular formula is C14H21N3O3S. The maximum absolute atomic E-state index is 12.1. The zero-order valence-electron chi connectivity index (χ0n) is 12.4. The van der Waals surface area contributed by atoms with Crippen molar-refractivity contribution in [3.8, 4) is 0 Å². The number of hydrogen-bond donors (Lipinski definition) is 1. The molecule has 0 radical (unpaired) electrons. The first kappa shape index (κ1) is 15.9. The Morgan fingerprint density at radius 1 is 1.29 bits per heavy atom. The van der Waals surface area contributed by atoms with Crippen LogP contribution >= 0.6 is 0 Å². The van der Waals surface area contributed by atoms with Crippen molar-refractivity contribution >= 4 is 21.6 Å². The number of carbonyl (C=O) groups excluding carboxylic acids is 1. The maximum Gasteiger partial charge on any atom is 0.242 e. The molecule has 1 amide bonds. The highest BCUT2D eigenvalue weighted by molar-refractivity contribution is 7.89. The fourth-order valence-corrected chi connectivity index (χ4v) is 3.24. The number of amides is 1. The second kappa shape index (κ2) is 6.55. The molecule has 7 heteroatoms. The highest BCUT2D eigenvalue weighted by Crippen LogP contribution is 2.18. The molecule has 1 saturated heterocycles. The molecule has 0 bridgehead atoms. The minimum Gasteiger partial charge on any atom is -0.325 e. The summed E-state index contributed by atoms with van der Waals surface area (Å²) in [6.07, 6.45) is 2.26. The van der Waals surface area contributed by atoms with Gasteiger partial charge in [0.15, 0.2) is 0 Å². The number of rotatable bonds is 5. The van der Waals surface area contributed by atoms with Crippen molar-refractivity contribution in [1.29, 1.82) is 0 Å². The van der Waals surface area contributed by atoms with Crippen molar-refractivity contribution < 1.29 is 13.2 Å². The SMILES string of the molecule is CN(C)S(=O)(=O)c1cccc(NC(=O)CN2CCCC2)c1. The van der Waals surface area contributed by atoms with Crippen molar-refractivity contribution in [1.82, 2.24) is 9.21 Å². The van der Waals surface area contributed by atoms with E-state index in [2.05, 4.69) is 10.2 Å². The van der Waals surface area contributed by atoms with Gasteiger partial charge < -0.3 is 5.32 Å². The van der Waals surface area contributed by atoms with Crippen LogP contribution in [0.5, 0.6) is 0 Å². The van der Waals surface area contributed by atoms with E-state index in [1.165, 1.54) is 26.2 Å². The van der Waals surface area contributed by atoms with Crippen LogP contribution in [-0.2, 0) is 14.8 Å². The van der Waals surface area contributed by atoms with Gasteiger partial charge in [0.05, 0.1) is 11.4 Å². The zero-order valence-corrected chi connectivity index (χ0v) is 13.2. The molecule has 1 aromatic carbocycles. The summed E-state index contributed by atoms with van der Waals surface area (Å²) >= 11 is 0. The molecule has 0 aliphatic carbocycles. The molecule has 1 aliphatic heterocycles. The van der Waals surface area contributed by atoms with Crippen LogP contribution in [0.25, 0.3) is 0 Å². The van der Waals surface area contributed by atoms with E-state index >= 15 is 0 Å². The predicted octanol–water partition coefficient (Wildman–Crippen LogP) is 0.971. The summed E-state index contributed by atoms with van der Waals surface area (Å²) in [5, 5.41) is 2.76. The highest BCUT2D eigenvalue weighted by atomic mass is 32.2.